The number of para-hydroxylation sites is 1. The van der Waals surface area contributed by atoms with E-state index in [2.05, 4.69) is 74.8 Å². The summed E-state index contributed by atoms with van der Waals surface area (Å²) in [6.45, 7) is 2.26. The summed E-state index contributed by atoms with van der Waals surface area (Å²) in [6.07, 6.45) is 6.14. The molecule has 3 N–H and O–H groups in total. The molecule has 0 unspecified atom stereocenters. The highest BCUT2D eigenvalue weighted by molar-refractivity contribution is 5.83. The van der Waals surface area contributed by atoms with Crippen molar-refractivity contribution in [1.29, 1.82) is 0 Å². The number of methoxy groups -OCH3 is 1. The second-order valence-electron chi connectivity index (χ2n) is 11.1. The Morgan fingerprint density at radius 3 is 2.60 bits per heavy atom. The Labute approximate surface area is 246 Å². The van der Waals surface area contributed by atoms with Crippen molar-refractivity contribution >= 4 is 16.8 Å². The van der Waals surface area contributed by atoms with Crippen LogP contribution in [0.1, 0.15) is 47.2 Å². The normalized spacial score (nSPS) is 15.9. The maximum Gasteiger partial charge on any atom is 0.224 e. The zero-order chi connectivity index (χ0) is 28.7. The van der Waals surface area contributed by atoms with Crippen molar-refractivity contribution in [3.8, 4) is 5.75 Å². The molecule has 2 atom stereocenters. The molecular weight excluding hydrogens is 524 g/mol. The Morgan fingerprint density at radius 1 is 1.00 bits per heavy atom. The van der Waals surface area contributed by atoms with Gasteiger partial charge in [-0.15, -0.1) is 10.2 Å². The highest BCUT2D eigenvalue weighted by Gasteiger charge is 2.28. The number of amides is 1. The number of aromatic nitrogens is 4. The fraction of sp³-hybridized carbons (Fsp3) is 0.324. The highest BCUT2D eigenvalue weighted by atomic mass is 16.5. The Kier molecular flexibility index (Phi) is 8.61. The molecule has 6 rings (SSSR count). The van der Waals surface area contributed by atoms with Gasteiger partial charge in [0.25, 0.3) is 0 Å². The number of ether oxygens (including phenoxy) is 1. The number of carbonyl (C=O) groups excluding carboxylic acids is 1. The van der Waals surface area contributed by atoms with Crippen LogP contribution < -0.4 is 15.4 Å². The maximum absolute atomic E-state index is 13.6. The molecule has 8 heteroatoms. The molecule has 42 heavy (non-hydrogen) atoms. The molecule has 0 spiro atoms. The molecule has 1 amide bonds. The molecular formula is C34H38N6O2. The van der Waals surface area contributed by atoms with Crippen molar-refractivity contribution in [3.05, 3.63) is 113 Å². The van der Waals surface area contributed by atoms with Crippen LogP contribution in [-0.4, -0.2) is 45.9 Å². The minimum atomic E-state index is -0.338. The number of fused-ring (bicyclic) bond motifs is 1. The molecule has 0 saturated carbocycles. The summed E-state index contributed by atoms with van der Waals surface area (Å²) in [5, 5.41) is 17.4. The number of aryl methyl sites for hydroxylation is 2. The fourth-order valence-electron chi connectivity index (χ4n) is 5.87. The van der Waals surface area contributed by atoms with E-state index in [4.69, 9.17) is 14.9 Å². The lowest BCUT2D eigenvalue weighted by molar-refractivity contribution is -0.126. The van der Waals surface area contributed by atoms with Gasteiger partial charge in [0.15, 0.2) is 5.82 Å². The van der Waals surface area contributed by atoms with E-state index in [0.717, 1.165) is 71.7 Å². The number of nitrogens with zero attached hydrogens (tertiary/aromatic N) is 3. The van der Waals surface area contributed by atoms with Gasteiger partial charge in [-0.3, -0.25) is 4.79 Å². The largest absolute Gasteiger partial charge is 0.497 e. The van der Waals surface area contributed by atoms with Crippen LogP contribution in [0.4, 0.5) is 0 Å². The molecule has 5 aromatic rings. The van der Waals surface area contributed by atoms with E-state index in [1.165, 1.54) is 5.56 Å². The third-order valence-corrected chi connectivity index (χ3v) is 8.23. The molecule has 1 aliphatic heterocycles. The number of piperidine rings is 1. The van der Waals surface area contributed by atoms with Crippen molar-refractivity contribution in [2.24, 2.45) is 5.92 Å². The quantitative estimate of drug-likeness (QED) is 0.211. The first kappa shape index (κ1) is 27.7. The van der Waals surface area contributed by atoms with E-state index in [9.17, 15) is 4.79 Å². The van der Waals surface area contributed by atoms with Gasteiger partial charge in [0.2, 0.25) is 5.91 Å². The second-order valence-corrected chi connectivity index (χ2v) is 11.1. The smallest absolute Gasteiger partial charge is 0.224 e. The van der Waals surface area contributed by atoms with Gasteiger partial charge in [-0.1, -0.05) is 60.7 Å². The SMILES string of the molecule is COc1ccc(Cn2c(CCc3ccccc3)nnc2[C@@H](Cc2c[nH]c3ccccc23)NC(=O)[C@@H]2CCCNC2)cc1. The van der Waals surface area contributed by atoms with Crippen LogP contribution in [0.2, 0.25) is 0 Å². The Hall–Kier alpha value is -4.43. The van der Waals surface area contributed by atoms with Gasteiger partial charge < -0.3 is 24.9 Å². The molecule has 0 radical (unpaired) electrons. The number of rotatable bonds is 11. The molecule has 216 valence electrons. The summed E-state index contributed by atoms with van der Waals surface area (Å²) in [7, 11) is 1.68. The minimum Gasteiger partial charge on any atom is -0.497 e. The van der Waals surface area contributed by atoms with Crippen molar-refractivity contribution in [2.45, 2.75) is 44.7 Å². The number of hydrogen-bond donors (Lipinski definition) is 3. The van der Waals surface area contributed by atoms with E-state index in [1.54, 1.807) is 7.11 Å². The van der Waals surface area contributed by atoms with Crippen molar-refractivity contribution in [2.75, 3.05) is 20.2 Å². The van der Waals surface area contributed by atoms with Gasteiger partial charge in [-0.25, -0.2) is 0 Å². The standard InChI is InChI=1S/C34H38N6O2/c1-42-28-16-13-25(14-17-28)23-40-32(18-15-24-8-3-2-4-9-24)38-39-33(40)31(37-34(41)26-10-7-19-35-21-26)20-27-22-36-30-12-6-5-11-29(27)30/h2-6,8-9,11-14,16-17,22,26,31,35-36H,7,10,15,18-21,23H2,1H3,(H,37,41)/t26-,31-/m1/s1. The number of aromatic amines is 1. The highest BCUT2D eigenvalue weighted by Crippen LogP contribution is 2.26. The van der Waals surface area contributed by atoms with Crippen molar-refractivity contribution in [1.82, 2.24) is 30.4 Å². The lowest BCUT2D eigenvalue weighted by Crippen LogP contribution is -2.42. The summed E-state index contributed by atoms with van der Waals surface area (Å²) in [6, 6.07) is 26.5. The lowest BCUT2D eigenvalue weighted by Gasteiger charge is -2.26. The average molecular weight is 563 g/mol. The monoisotopic (exact) mass is 562 g/mol. The molecule has 1 fully saturated rings. The Bertz CT molecular complexity index is 1600. The van der Waals surface area contributed by atoms with Gasteiger partial charge in [-0.05, 0) is 60.7 Å². The molecule has 2 aromatic heterocycles. The van der Waals surface area contributed by atoms with Crippen LogP contribution in [0.3, 0.4) is 0 Å². The van der Waals surface area contributed by atoms with Gasteiger partial charge >= 0.3 is 0 Å². The Morgan fingerprint density at radius 2 is 1.81 bits per heavy atom. The van der Waals surface area contributed by atoms with E-state index < -0.39 is 0 Å². The molecule has 1 saturated heterocycles. The van der Waals surface area contributed by atoms with Crippen LogP contribution in [0.25, 0.3) is 10.9 Å². The van der Waals surface area contributed by atoms with Crippen LogP contribution in [0.5, 0.6) is 5.75 Å². The number of H-pyrrole nitrogens is 1. The topological polar surface area (TPSA) is 96.9 Å². The van der Waals surface area contributed by atoms with Crippen LogP contribution in [0, 0.1) is 5.92 Å². The second kappa shape index (κ2) is 13.0. The zero-order valence-corrected chi connectivity index (χ0v) is 24.1. The van der Waals surface area contributed by atoms with E-state index in [-0.39, 0.29) is 17.9 Å². The van der Waals surface area contributed by atoms with Crippen LogP contribution in [0.15, 0.2) is 85.1 Å². The summed E-state index contributed by atoms with van der Waals surface area (Å²) < 4.78 is 7.58. The predicted molar refractivity (Wildman–Crippen MR) is 164 cm³/mol. The van der Waals surface area contributed by atoms with Gasteiger partial charge in [-0.2, -0.15) is 0 Å². The van der Waals surface area contributed by atoms with Gasteiger partial charge in [0, 0.05) is 36.5 Å². The number of hydrogen-bond acceptors (Lipinski definition) is 5. The van der Waals surface area contributed by atoms with Crippen LogP contribution in [-0.2, 0) is 30.6 Å². The number of carbonyl (C=O) groups is 1. The molecule has 3 heterocycles. The van der Waals surface area contributed by atoms with Crippen LogP contribution >= 0.6 is 0 Å². The molecule has 0 bridgehead atoms. The molecule has 0 aliphatic carbocycles. The van der Waals surface area contributed by atoms with Gasteiger partial charge in [0.1, 0.15) is 11.6 Å². The van der Waals surface area contributed by atoms with E-state index >= 15 is 0 Å². The summed E-state index contributed by atoms with van der Waals surface area (Å²) in [4.78, 5) is 17.0. The Balaban J connectivity index is 1.36. The summed E-state index contributed by atoms with van der Waals surface area (Å²) >= 11 is 0. The lowest BCUT2D eigenvalue weighted by atomic mass is 9.97. The average Bonchev–Trinajstić information content (AvgIpc) is 3.64. The summed E-state index contributed by atoms with van der Waals surface area (Å²) in [5.41, 5.74) is 4.60. The number of nitrogens with one attached hydrogen (secondary N) is 3. The molecule has 8 nitrogen and oxygen atoms in total. The third-order valence-electron chi connectivity index (χ3n) is 8.23. The summed E-state index contributed by atoms with van der Waals surface area (Å²) in [5.74, 6) is 2.51. The zero-order valence-electron chi connectivity index (χ0n) is 24.1. The van der Waals surface area contributed by atoms with Crippen molar-refractivity contribution < 1.29 is 9.53 Å². The first-order chi connectivity index (χ1) is 20.7. The van der Waals surface area contributed by atoms with E-state index in [1.807, 2.05) is 30.5 Å². The molecule has 3 aromatic carbocycles. The van der Waals surface area contributed by atoms with Gasteiger partial charge in [0.05, 0.1) is 25.6 Å². The van der Waals surface area contributed by atoms with E-state index in [0.29, 0.717) is 19.5 Å². The third kappa shape index (κ3) is 6.39. The van der Waals surface area contributed by atoms with Crippen molar-refractivity contribution in [3.63, 3.8) is 0 Å². The first-order valence-electron chi connectivity index (χ1n) is 14.8. The molecule has 1 aliphatic rings. The predicted octanol–water partition coefficient (Wildman–Crippen LogP) is 5.00. The minimum absolute atomic E-state index is 0.0558. The maximum atomic E-state index is 13.6. The number of benzene rings is 3. The fourth-order valence-corrected chi connectivity index (χ4v) is 5.87. The first-order valence-corrected chi connectivity index (χ1v) is 14.8.